The summed E-state index contributed by atoms with van der Waals surface area (Å²) >= 11 is 7.35. The number of alkyl halides is 6. The van der Waals surface area contributed by atoms with Gasteiger partial charge in [0, 0.05) is 11.1 Å². The molecule has 0 amide bonds. The molecule has 0 N–H and O–H groups in total. The predicted octanol–water partition coefficient (Wildman–Crippen LogP) is 14.0. The van der Waals surface area contributed by atoms with E-state index in [4.69, 9.17) is 19.4 Å². The number of halogens is 8. The lowest BCUT2D eigenvalue weighted by Crippen LogP contribution is -2.07. The van der Waals surface area contributed by atoms with Gasteiger partial charge in [0.25, 0.3) is 0 Å². The van der Waals surface area contributed by atoms with Gasteiger partial charge in [-0.25, -0.2) is 9.97 Å². The molecule has 4 nitrogen and oxygen atoms in total. The predicted molar refractivity (Wildman–Crippen MR) is 194 cm³/mol. The maximum Gasteiger partial charge on any atom is 0.416 e. The van der Waals surface area contributed by atoms with Crippen LogP contribution >= 0.6 is 31.9 Å². The molecule has 0 spiro atoms. The summed E-state index contributed by atoms with van der Waals surface area (Å²) in [7, 11) is 0. The van der Waals surface area contributed by atoms with Crippen molar-refractivity contribution in [3.05, 3.63) is 68.6 Å². The van der Waals surface area contributed by atoms with E-state index in [1.54, 1.807) is 0 Å². The van der Waals surface area contributed by atoms with Gasteiger partial charge in [-0.1, -0.05) is 102 Å². The smallest absolute Gasteiger partial charge is 0.416 e. The number of unbranched alkanes of at least 4 members (excludes halogenated alkanes) is 10. The Bertz CT molecular complexity index is 1550. The zero-order valence-electron chi connectivity index (χ0n) is 28.3. The van der Waals surface area contributed by atoms with Crippen LogP contribution in [0.25, 0.3) is 33.5 Å². The monoisotopic (exact) mass is 830 g/mol. The van der Waals surface area contributed by atoms with Gasteiger partial charge in [0.15, 0.2) is 11.5 Å². The van der Waals surface area contributed by atoms with Crippen LogP contribution in [0.3, 0.4) is 0 Å². The highest BCUT2D eigenvalue weighted by Gasteiger charge is 2.32. The number of nitrogens with zero attached hydrogens (tertiary/aromatic N) is 2. The molecule has 0 aliphatic heterocycles. The fourth-order valence-electron chi connectivity index (χ4n) is 5.56. The molecule has 0 atom stereocenters. The SMILES string of the molecule is CCCCCCCCOc1c(OCCCCCCCC)c(Br)c2nc(-c3ccc(C(F)(F)F)cc3)c(-c3ccc(C(F)(F)F)cc3)nc2c1Br. The van der Waals surface area contributed by atoms with Crippen molar-refractivity contribution >= 4 is 42.9 Å². The summed E-state index contributed by atoms with van der Waals surface area (Å²) in [5, 5.41) is 0. The van der Waals surface area contributed by atoms with E-state index in [-0.39, 0.29) is 11.4 Å². The van der Waals surface area contributed by atoms with Crippen molar-refractivity contribution in [3.63, 3.8) is 0 Å². The maximum absolute atomic E-state index is 13.4. The van der Waals surface area contributed by atoms with Crippen molar-refractivity contribution in [1.82, 2.24) is 9.97 Å². The second kappa shape index (κ2) is 18.6. The highest BCUT2D eigenvalue weighted by molar-refractivity contribution is 9.11. The summed E-state index contributed by atoms with van der Waals surface area (Å²) in [6, 6.07) is 8.89. The van der Waals surface area contributed by atoms with Crippen LogP contribution in [0.5, 0.6) is 11.5 Å². The van der Waals surface area contributed by atoms with Gasteiger partial charge in [0.1, 0.15) is 11.0 Å². The fraction of sp³-hybridized carbons (Fsp3) is 0.474. The Morgan fingerprint density at radius 1 is 0.500 bits per heavy atom. The largest absolute Gasteiger partial charge is 0.488 e. The third kappa shape index (κ3) is 10.6. The normalized spacial score (nSPS) is 12.1. The van der Waals surface area contributed by atoms with Crippen molar-refractivity contribution in [1.29, 1.82) is 0 Å². The molecule has 0 saturated carbocycles. The summed E-state index contributed by atoms with van der Waals surface area (Å²) in [4.78, 5) is 9.77. The van der Waals surface area contributed by atoms with Gasteiger partial charge < -0.3 is 9.47 Å². The molecule has 4 rings (SSSR count). The highest BCUT2D eigenvalue weighted by Crippen LogP contribution is 2.48. The van der Waals surface area contributed by atoms with Crippen LogP contribution in [0.2, 0.25) is 0 Å². The number of hydrogen-bond acceptors (Lipinski definition) is 4. The van der Waals surface area contributed by atoms with Gasteiger partial charge in [-0.2, -0.15) is 26.3 Å². The third-order valence-corrected chi connectivity index (χ3v) is 9.85. The van der Waals surface area contributed by atoms with Gasteiger partial charge in [0.2, 0.25) is 0 Å². The number of hydrogen-bond donors (Lipinski definition) is 0. The van der Waals surface area contributed by atoms with E-state index >= 15 is 0 Å². The Hall–Kier alpha value is -2.86. The molecule has 0 unspecified atom stereocenters. The van der Waals surface area contributed by atoms with Crippen LogP contribution in [0.4, 0.5) is 26.3 Å². The zero-order valence-corrected chi connectivity index (χ0v) is 31.4. The third-order valence-electron chi connectivity index (χ3n) is 8.38. The van der Waals surface area contributed by atoms with Gasteiger partial charge >= 0.3 is 12.4 Å². The first-order chi connectivity index (χ1) is 23.9. The van der Waals surface area contributed by atoms with E-state index in [1.807, 2.05) is 0 Å². The summed E-state index contributed by atoms with van der Waals surface area (Å²) in [5.74, 6) is 0.859. The number of fused-ring (bicyclic) bond motifs is 1. The first kappa shape index (κ1) is 39.9. The van der Waals surface area contributed by atoms with Crippen molar-refractivity contribution in [2.24, 2.45) is 0 Å². The summed E-state index contributed by atoms with van der Waals surface area (Å²) < 4.78 is 94.1. The molecule has 0 fully saturated rings. The topological polar surface area (TPSA) is 44.2 Å². The molecule has 50 heavy (non-hydrogen) atoms. The molecule has 0 aliphatic carbocycles. The van der Waals surface area contributed by atoms with Crippen molar-refractivity contribution in [2.45, 2.75) is 103 Å². The van der Waals surface area contributed by atoms with Gasteiger partial charge in [0.05, 0.1) is 44.7 Å². The molecular formula is C38H42Br2F6N2O2. The molecule has 1 heterocycles. The lowest BCUT2D eigenvalue weighted by Gasteiger charge is -2.19. The van der Waals surface area contributed by atoms with Gasteiger partial charge in [-0.3, -0.25) is 0 Å². The lowest BCUT2D eigenvalue weighted by atomic mass is 10.0. The van der Waals surface area contributed by atoms with E-state index in [2.05, 4.69) is 45.7 Å². The minimum absolute atomic E-state index is 0.196. The van der Waals surface area contributed by atoms with E-state index in [9.17, 15) is 26.3 Å². The van der Waals surface area contributed by atoms with Crippen LogP contribution in [0.1, 0.15) is 102 Å². The van der Waals surface area contributed by atoms with Crippen LogP contribution < -0.4 is 9.47 Å². The second-order valence-electron chi connectivity index (χ2n) is 12.3. The highest BCUT2D eigenvalue weighted by atomic mass is 79.9. The Labute approximate surface area is 306 Å². The Morgan fingerprint density at radius 3 is 1.14 bits per heavy atom. The Kier molecular flexibility index (Phi) is 14.8. The minimum atomic E-state index is -4.55. The van der Waals surface area contributed by atoms with Gasteiger partial charge in [-0.15, -0.1) is 0 Å². The fourth-order valence-corrected chi connectivity index (χ4v) is 6.71. The summed E-state index contributed by atoms with van der Waals surface area (Å²) in [5.41, 5.74) is 0.0358. The number of benzene rings is 3. The summed E-state index contributed by atoms with van der Waals surface area (Å²) in [6.45, 7) is 5.20. The van der Waals surface area contributed by atoms with Gasteiger partial charge in [-0.05, 0) is 69.0 Å². The first-order valence-electron chi connectivity index (χ1n) is 17.2. The summed E-state index contributed by atoms with van der Waals surface area (Å²) in [6.07, 6.45) is 3.82. The average molecular weight is 833 g/mol. The van der Waals surface area contributed by atoms with Crippen molar-refractivity contribution < 1.29 is 35.8 Å². The molecule has 0 radical (unpaired) electrons. The van der Waals surface area contributed by atoms with Crippen LogP contribution in [0.15, 0.2) is 57.5 Å². The molecule has 272 valence electrons. The molecule has 3 aromatic carbocycles. The van der Waals surface area contributed by atoms with Crippen LogP contribution in [-0.4, -0.2) is 23.2 Å². The van der Waals surface area contributed by atoms with Crippen LogP contribution in [-0.2, 0) is 12.4 Å². The number of rotatable bonds is 18. The standard InChI is InChI=1S/C38H42Br2F6N2O2/c1-3-5-7-9-11-13-23-49-35-29(39)33-34(30(40)36(35)50-24-14-12-10-8-6-4-2)48-32(26-17-21-28(22-18-26)38(44,45)46)31(47-33)25-15-19-27(20-16-25)37(41,42)43/h15-22H,3-14,23-24H2,1-2H3. The molecule has 1 aromatic heterocycles. The Morgan fingerprint density at radius 2 is 0.820 bits per heavy atom. The van der Waals surface area contributed by atoms with E-state index < -0.39 is 23.5 Å². The first-order valence-corrected chi connectivity index (χ1v) is 18.8. The lowest BCUT2D eigenvalue weighted by molar-refractivity contribution is -0.138. The van der Waals surface area contributed by atoms with E-state index in [1.165, 1.54) is 37.1 Å². The maximum atomic E-state index is 13.4. The zero-order chi connectivity index (χ0) is 36.3. The molecule has 12 heteroatoms. The van der Waals surface area contributed by atoms with Crippen molar-refractivity contribution in [3.8, 4) is 34.0 Å². The minimum Gasteiger partial charge on any atom is -0.488 e. The van der Waals surface area contributed by atoms with Crippen molar-refractivity contribution in [2.75, 3.05) is 13.2 Å². The molecule has 0 bridgehead atoms. The van der Waals surface area contributed by atoms with E-state index in [0.29, 0.717) is 55.8 Å². The number of ether oxygens (including phenoxy) is 2. The quantitative estimate of drug-likeness (QED) is 0.0740. The Balaban J connectivity index is 1.81. The van der Waals surface area contributed by atoms with Crippen LogP contribution in [0, 0.1) is 0 Å². The molecule has 0 saturated heterocycles. The molecule has 4 aromatic rings. The average Bonchev–Trinajstić information content (AvgIpc) is 3.09. The van der Waals surface area contributed by atoms with E-state index in [0.717, 1.165) is 88.5 Å². The number of aromatic nitrogens is 2. The second-order valence-corrected chi connectivity index (χ2v) is 13.9. The molecule has 0 aliphatic rings. The molecular weight excluding hydrogens is 790 g/mol.